The Morgan fingerprint density at radius 1 is 1.32 bits per heavy atom. The Hall–Kier alpha value is -2.64. The molecular formula is C11H11N3O5. The molecule has 8 nitrogen and oxygen atoms in total. The number of imide groups is 1. The van der Waals surface area contributed by atoms with Gasteiger partial charge in [0, 0.05) is 20.0 Å². The molecule has 19 heavy (non-hydrogen) atoms. The molecule has 2 N–H and O–H groups in total. The Labute approximate surface area is 107 Å². The molecule has 0 radical (unpaired) electrons. The summed E-state index contributed by atoms with van der Waals surface area (Å²) in [6.45, 7) is 0.0896. The monoisotopic (exact) mass is 265 g/mol. The van der Waals surface area contributed by atoms with Crippen LogP contribution in [0.15, 0.2) is 16.9 Å². The summed E-state index contributed by atoms with van der Waals surface area (Å²) in [7, 11) is 1.31. The van der Waals surface area contributed by atoms with Crippen LogP contribution in [0.25, 0.3) is 0 Å². The molecule has 0 bridgehead atoms. The fraction of sp³-hybridized carbons (Fsp3) is 0.273. The van der Waals surface area contributed by atoms with Crippen molar-refractivity contribution in [1.29, 1.82) is 0 Å². The highest BCUT2D eigenvalue weighted by Crippen LogP contribution is 2.13. The van der Waals surface area contributed by atoms with Crippen LogP contribution in [0.4, 0.5) is 10.5 Å². The van der Waals surface area contributed by atoms with Gasteiger partial charge in [0.2, 0.25) is 5.91 Å². The average Bonchev–Trinajstić information content (AvgIpc) is 2.33. The number of nitrogens with one attached hydrogen (secondary N) is 1. The van der Waals surface area contributed by atoms with E-state index in [-0.39, 0.29) is 24.3 Å². The van der Waals surface area contributed by atoms with Crippen molar-refractivity contribution < 1.29 is 19.5 Å². The molecule has 1 aromatic rings. The van der Waals surface area contributed by atoms with E-state index in [2.05, 4.69) is 5.32 Å². The van der Waals surface area contributed by atoms with Crippen LogP contribution in [-0.2, 0) is 11.8 Å². The van der Waals surface area contributed by atoms with Gasteiger partial charge in [-0.3, -0.25) is 19.8 Å². The van der Waals surface area contributed by atoms with Gasteiger partial charge < -0.3 is 9.67 Å². The molecule has 0 aliphatic carbocycles. The number of pyridine rings is 1. The van der Waals surface area contributed by atoms with Gasteiger partial charge in [-0.15, -0.1) is 0 Å². The second-order valence-electron chi connectivity index (χ2n) is 4.03. The van der Waals surface area contributed by atoms with Crippen molar-refractivity contribution in [3.63, 3.8) is 0 Å². The van der Waals surface area contributed by atoms with Crippen molar-refractivity contribution in [2.45, 2.75) is 6.42 Å². The van der Waals surface area contributed by atoms with Gasteiger partial charge >= 0.3 is 12.0 Å². The molecule has 2 rings (SSSR count). The largest absolute Gasteiger partial charge is 0.477 e. The maximum absolute atomic E-state index is 12.0. The number of aromatic nitrogens is 1. The number of carboxylic acids is 1. The molecule has 1 fully saturated rings. The number of urea groups is 1. The summed E-state index contributed by atoms with van der Waals surface area (Å²) in [4.78, 5) is 46.6. The highest BCUT2D eigenvalue weighted by molar-refractivity contribution is 6.05. The van der Waals surface area contributed by atoms with E-state index in [9.17, 15) is 19.2 Å². The summed E-state index contributed by atoms with van der Waals surface area (Å²) in [5.41, 5.74) is -0.746. The first-order chi connectivity index (χ1) is 8.91. The lowest BCUT2D eigenvalue weighted by Crippen LogP contribution is -2.51. The van der Waals surface area contributed by atoms with Gasteiger partial charge in [0.15, 0.2) is 0 Å². The van der Waals surface area contributed by atoms with Crippen LogP contribution in [0, 0.1) is 0 Å². The summed E-state index contributed by atoms with van der Waals surface area (Å²) >= 11 is 0. The van der Waals surface area contributed by atoms with Gasteiger partial charge in [-0.1, -0.05) is 0 Å². The Morgan fingerprint density at radius 3 is 2.58 bits per heavy atom. The van der Waals surface area contributed by atoms with E-state index in [1.54, 1.807) is 0 Å². The molecule has 0 saturated carbocycles. The third-order valence-corrected chi connectivity index (χ3v) is 2.85. The zero-order valence-corrected chi connectivity index (χ0v) is 10.0. The molecule has 1 aliphatic rings. The minimum atomic E-state index is -1.23. The van der Waals surface area contributed by atoms with Gasteiger partial charge in [0.25, 0.3) is 5.56 Å². The lowest BCUT2D eigenvalue weighted by molar-refractivity contribution is -0.120. The standard InChI is InChI=1S/C11H11N3O5/c1-13-7(10(17)18)3-2-6(9(13)16)14-5-4-8(15)12-11(14)19/h2-3H,4-5H2,1H3,(H,17,18)(H,12,15,19). The van der Waals surface area contributed by atoms with E-state index < -0.39 is 23.5 Å². The third-order valence-electron chi connectivity index (χ3n) is 2.85. The fourth-order valence-electron chi connectivity index (χ4n) is 1.84. The third kappa shape index (κ3) is 2.19. The number of carbonyl (C=O) groups is 3. The number of carboxylic acid groups (broad SMARTS) is 1. The van der Waals surface area contributed by atoms with Crippen molar-refractivity contribution in [2.75, 3.05) is 11.4 Å². The molecule has 100 valence electrons. The Morgan fingerprint density at radius 2 is 2.00 bits per heavy atom. The van der Waals surface area contributed by atoms with Crippen LogP contribution >= 0.6 is 0 Å². The fourth-order valence-corrected chi connectivity index (χ4v) is 1.84. The summed E-state index contributed by atoms with van der Waals surface area (Å²) in [6.07, 6.45) is 0.0928. The Bertz CT molecular complexity index is 634. The molecule has 0 unspecified atom stereocenters. The van der Waals surface area contributed by atoms with E-state index >= 15 is 0 Å². The summed E-state index contributed by atoms with van der Waals surface area (Å²) in [6, 6.07) is 1.82. The maximum Gasteiger partial charge on any atom is 0.352 e. The number of hydrogen-bond donors (Lipinski definition) is 2. The van der Waals surface area contributed by atoms with Gasteiger partial charge in [0.1, 0.15) is 11.4 Å². The first-order valence-electron chi connectivity index (χ1n) is 5.46. The topological polar surface area (TPSA) is 109 Å². The minimum absolute atomic E-state index is 0.0394. The van der Waals surface area contributed by atoms with E-state index in [1.807, 2.05) is 0 Å². The lowest BCUT2D eigenvalue weighted by Gasteiger charge is -2.26. The molecule has 0 spiro atoms. The predicted octanol–water partition coefficient (Wildman–Crippen LogP) is -0.470. The van der Waals surface area contributed by atoms with Crippen molar-refractivity contribution in [3.8, 4) is 0 Å². The average molecular weight is 265 g/mol. The van der Waals surface area contributed by atoms with Gasteiger partial charge in [-0.2, -0.15) is 0 Å². The van der Waals surface area contributed by atoms with Crippen molar-refractivity contribution in [2.24, 2.45) is 7.05 Å². The second-order valence-corrected chi connectivity index (χ2v) is 4.03. The predicted molar refractivity (Wildman–Crippen MR) is 64.1 cm³/mol. The zero-order chi connectivity index (χ0) is 14.2. The molecule has 0 aromatic carbocycles. The summed E-state index contributed by atoms with van der Waals surface area (Å²) in [5.74, 6) is -1.63. The molecule has 3 amide bonds. The Kier molecular flexibility index (Phi) is 3.07. The van der Waals surface area contributed by atoms with Crippen LogP contribution in [0.3, 0.4) is 0 Å². The van der Waals surface area contributed by atoms with E-state index in [0.29, 0.717) is 0 Å². The normalized spacial score (nSPS) is 15.3. The van der Waals surface area contributed by atoms with Crippen LogP contribution in [-0.4, -0.2) is 34.1 Å². The first-order valence-corrected chi connectivity index (χ1v) is 5.46. The van der Waals surface area contributed by atoms with Crippen molar-refractivity contribution in [3.05, 3.63) is 28.2 Å². The number of hydrogen-bond acceptors (Lipinski definition) is 4. The SMILES string of the molecule is Cn1c(C(=O)O)ccc(N2CCC(=O)NC2=O)c1=O. The second kappa shape index (κ2) is 4.56. The molecular weight excluding hydrogens is 254 g/mol. The zero-order valence-electron chi connectivity index (χ0n) is 10.0. The summed E-state index contributed by atoms with van der Waals surface area (Å²) in [5, 5.41) is 11.0. The van der Waals surface area contributed by atoms with E-state index in [0.717, 1.165) is 9.47 Å². The summed E-state index contributed by atoms with van der Waals surface area (Å²) < 4.78 is 0.946. The lowest BCUT2D eigenvalue weighted by atomic mass is 10.2. The highest BCUT2D eigenvalue weighted by atomic mass is 16.4. The van der Waals surface area contributed by atoms with E-state index in [4.69, 9.17) is 5.11 Å². The minimum Gasteiger partial charge on any atom is -0.477 e. The van der Waals surface area contributed by atoms with Crippen LogP contribution in [0.5, 0.6) is 0 Å². The smallest absolute Gasteiger partial charge is 0.352 e. The molecule has 2 heterocycles. The maximum atomic E-state index is 12.0. The quantitative estimate of drug-likeness (QED) is 0.751. The molecule has 1 aromatic heterocycles. The van der Waals surface area contributed by atoms with Crippen molar-refractivity contribution >= 4 is 23.6 Å². The van der Waals surface area contributed by atoms with Crippen LogP contribution in [0.1, 0.15) is 16.9 Å². The van der Waals surface area contributed by atoms with E-state index in [1.165, 1.54) is 19.2 Å². The highest BCUT2D eigenvalue weighted by Gasteiger charge is 2.27. The molecule has 1 saturated heterocycles. The van der Waals surface area contributed by atoms with Crippen LogP contribution in [0.2, 0.25) is 0 Å². The van der Waals surface area contributed by atoms with Crippen LogP contribution < -0.4 is 15.8 Å². The molecule has 1 aliphatic heterocycles. The number of anilines is 1. The number of rotatable bonds is 2. The van der Waals surface area contributed by atoms with Crippen molar-refractivity contribution in [1.82, 2.24) is 9.88 Å². The van der Waals surface area contributed by atoms with Gasteiger partial charge in [-0.25, -0.2) is 9.59 Å². The van der Waals surface area contributed by atoms with Gasteiger partial charge in [-0.05, 0) is 12.1 Å². The number of aromatic carboxylic acids is 1. The molecule has 8 heteroatoms. The number of carbonyl (C=O) groups excluding carboxylic acids is 2. The Balaban J connectivity index is 2.45. The first kappa shape index (κ1) is 12.8. The number of amides is 3. The molecule has 0 atom stereocenters. The van der Waals surface area contributed by atoms with Gasteiger partial charge in [0.05, 0.1) is 0 Å². The number of nitrogens with zero attached hydrogens (tertiary/aromatic N) is 2.